The van der Waals surface area contributed by atoms with Crippen LogP contribution in [0.4, 0.5) is 11.4 Å². The predicted molar refractivity (Wildman–Crippen MR) is 83.6 cm³/mol. The van der Waals surface area contributed by atoms with Gasteiger partial charge in [0.15, 0.2) is 0 Å². The number of anilines is 2. The van der Waals surface area contributed by atoms with Gasteiger partial charge in [-0.2, -0.15) is 0 Å². The van der Waals surface area contributed by atoms with E-state index >= 15 is 0 Å². The topological polar surface area (TPSA) is 104 Å². The summed E-state index contributed by atoms with van der Waals surface area (Å²) in [6.07, 6.45) is 3.69. The van der Waals surface area contributed by atoms with Crippen LogP contribution >= 0.6 is 0 Å². The lowest BCUT2D eigenvalue weighted by atomic mass is 9.86. The maximum atomic E-state index is 11.8. The quantitative estimate of drug-likeness (QED) is 0.610. The second-order valence-corrected chi connectivity index (χ2v) is 7.34. The number of aliphatic hydroxyl groups excluding tert-OH is 1. The van der Waals surface area contributed by atoms with Crippen molar-refractivity contribution >= 4 is 21.4 Å². The van der Waals surface area contributed by atoms with E-state index in [1.54, 1.807) is 6.07 Å². The fourth-order valence-electron chi connectivity index (χ4n) is 2.64. The third kappa shape index (κ3) is 3.87. The molecule has 0 aliphatic heterocycles. The van der Waals surface area contributed by atoms with Crippen molar-refractivity contribution in [2.45, 2.75) is 36.7 Å². The van der Waals surface area contributed by atoms with Gasteiger partial charge in [-0.25, -0.2) is 13.1 Å². The van der Waals surface area contributed by atoms with Gasteiger partial charge in [0.1, 0.15) is 0 Å². The number of sulfonamides is 1. The Morgan fingerprint density at radius 3 is 2.71 bits per heavy atom. The third-order valence-corrected chi connectivity index (χ3v) is 5.44. The van der Waals surface area contributed by atoms with Crippen LogP contribution in [0.15, 0.2) is 23.1 Å². The van der Waals surface area contributed by atoms with Crippen molar-refractivity contribution in [2.24, 2.45) is 5.92 Å². The molecule has 1 aliphatic rings. The molecule has 0 heterocycles. The average Bonchev–Trinajstić information content (AvgIpc) is 2.47. The van der Waals surface area contributed by atoms with Crippen molar-refractivity contribution in [3.63, 3.8) is 0 Å². The van der Waals surface area contributed by atoms with Gasteiger partial charge in [0.25, 0.3) is 0 Å². The number of hydrogen-bond acceptors (Lipinski definition) is 5. The van der Waals surface area contributed by atoms with Crippen molar-refractivity contribution in [1.82, 2.24) is 4.72 Å². The van der Waals surface area contributed by atoms with Crippen LogP contribution in [-0.4, -0.2) is 33.2 Å². The molecular weight excluding hydrogens is 290 g/mol. The van der Waals surface area contributed by atoms with Crippen LogP contribution < -0.4 is 15.8 Å². The number of aliphatic hydroxyl groups is 1. The Bertz CT molecular complexity index is 589. The normalized spacial score (nSPS) is 23.0. The van der Waals surface area contributed by atoms with Crippen LogP contribution in [-0.2, 0) is 10.0 Å². The maximum Gasteiger partial charge on any atom is 0.240 e. The molecule has 5 N–H and O–H groups in total. The summed E-state index contributed by atoms with van der Waals surface area (Å²) in [5.74, 6) is 0.183. The number of nitrogen functional groups attached to an aromatic ring is 1. The smallest absolute Gasteiger partial charge is 0.240 e. The molecule has 0 spiro atoms. The summed E-state index contributed by atoms with van der Waals surface area (Å²) in [6.45, 7) is 0.592. The predicted octanol–water partition coefficient (Wildman–Crippen LogP) is 1.14. The average molecular weight is 313 g/mol. The van der Waals surface area contributed by atoms with Gasteiger partial charge in [-0.15, -0.1) is 0 Å². The zero-order valence-electron chi connectivity index (χ0n) is 12.2. The van der Waals surface area contributed by atoms with E-state index in [0.29, 0.717) is 17.9 Å². The summed E-state index contributed by atoms with van der Waals surface area (Å²) in [5, 5.41) is 13.1. The Labute approximate surface area is 125 Å². The highest BCUT2D eigenvalue weighted by Gasteiger charge is 2.23. The molecule has 1 aliphatic carbocycles. The van der Waals surface area contributed by atoms with E-state index in [4.69, 9.17) is 5.73 Å². The highest BCUT2D eigenvalue weighted by molar-refractivity contribution is 7.89. The standard InChI is InChI=1S/C14H23N3O3S/c1-16-21(19,20)11-6-7-12(15)13(8-11)17-9-10-4-2-3-5-14(10)18/h6-8,10,14,16-18H,2-5,9,15H2,1H3. The monoisotopic (exact) mass is 313 g/mol. The van der Waals surface area contributed by atoms with Crippen LogP contribution in [0, 0.1) is 5.92 Å². The largest absolute Gasteiger partial charge is 0.397 e. The van der Waals surface area contributed by atoms with Crippen LogP contribution in [0.3, 0.4) is 0 Å². The molecule has 0 saturated heterocycles. The fourth-order valence-corrected chi connectivity index (χ4v) is 3.40. The van der Waals surface area contributed by atoms with Crippen molar-refractivity contribution in [3.05, 3.63) is 18.2 Å². The molecular formula is C14H23N3O3S. The van der Waals surface area contributed by atoms with E-state index in [2.05, 4.69) is 10.0 Å². The summed E-state index contributed by atoms with van der Waals surface area (Å²) in [7, 11) is -2.11. The molecule has 0 radical (unpaired) electrons. The summed E-state index contributed by atoms with van der Waals surface area (Å²) < 4.78 is 25.9. The highest BCUT2D eigenvalue weighted by atomic mass is 32.2. The van der Waals surface area contributed by atoms with Gasteiger partial charge < -0.3 is 16.2 Å². The number of nitrogens with two attached hydrogens (primary N) is 1. The summed E-state index contributed by atoms with van der Waals surface area (Å²) >= 11 is 0. The summed E-state index contributed by atoms with van der Waals surface area (Å²) in [4.78, 5) is 0.172. The van der Waals surface area contributed by atoms with E-state index in [1.165, 1.54) is 19.2 Å². The lowest BCUT2D eigenvalue weighted by molar-refractivity contribution is 0.0763. The first-order chi connectivity index (χ1) is 9.94. The number of benzene rings is 1. The van der Waals surface area contributed by atoms with Crippen LogP contribution in [0.2, 0.25) is 0 Å². The molecule has 1 fully saturated rings. The Morgan fingerprint density at radius 1 is 1.33 bits per heavy atom. The maximum absolute atomic E-state index is 11.8. The fraction of sp³-hybridized carbons (Fsp3) is 0.571. The SMILES string of the molecule is CNS(=O)(=O)c1ccc(N)c(NCC2CCCCC2O)c1. The van der Waals surface area contributed by atoms with Gasteiger partial charge in [0, 0.05) is 12.5 Å². The molecule has 6 nitrogen and oxygen atoms in total. The Balaban J connectivity index is 2.10. The molecule has 0 bridgehead atoms. The van der Waals surface area contributed by atoms with Gasteiger partial charge in [-0.05, 0) is 38.1 Å². The third-order valence-electron chi connectivity index (χ3n) is 4.03. The molecule has 0 aromatic heterocycles. The van der Waals surface area contributed by atoms with Crippen molar-refractivity contribution in [2.75, 3.05) is 24.6 Å². The zero-order chi connectivity index (χ0) is 15.5. The van der Waals surface area contributed by atoms with E-state index in [9.17, 15) is 13.5 Å². The zero-order valence-corrected chi connectivity index (χ0v) is 13.0. The highest BCUT2D eigenvalue weighted by Crippen LogP contribution is 2.27. The first-order valence-electron chi connectivity index (χ1n) is 7.19. The molecule has 2 atom stereocenters. The molecule has 0 amide bonds. The minimum Gasteiger partial charge on any atom is -0.397 e. The van der Waals surface area contributed by atoms with Crippen LogP contribution in [0.25, 0.3) is 0 Å². The molecule has 7 heteroatoms. The molecule has 1 aromatic rings. The molecule has 118 valence electrons. The first-order valence-corrected chi connectivity index (χ1v) is 8.67. The lowest BCUT2D eigenvalue weighted by Crippen LogP contribution is -2.30. The number of hydrogen-bond donors (Lipinski definition) is 4. The van der Waals surface area contributed by atoms with Crippen LogP contribution in [0.1, 0.15) is 25.7 Å². The Hall–Kier alpha value is -1.31. The van der Waals surface area contributed by atoms with Gasteiger partial charge in [0.05, 0.1) is 22.4 Å². The first kappa shape index (κ1) is 16.1. The Kier molecular flexibility index (Phi) is 5.08. The summed E-state index contributed by atoms with van der Waals surface area (Å²) in [5.41, 5.74) is 6.97. The minimum atomic E-state index is -3.49. The molecule has 1 aromatic carbocycles. The van der Waals surface area contributed by atoms with E-state index in [0.717, 1.165) is 25.7 Å². The lowest BCUT2D eigenvalue weighted by Gasteiger charge is -2.28. The Morgan fingerprint density at radius 2 is 2.05 bits per heavy atom. The molecule has 1 saturated carbocycles. The minimum absolute atomic E-state index is 0.172. The second-order valence-electron chi connectivity index (χ2n) is 5.45. The van der Waals surface area contributed by atoms with Gasteiger partial charge in [-0.3, -0.25) is 0 Å². The van der Waals surface area contributed by atoms with Crippen molar-refractivity contribution in [1.29, 1.82) is 0 Å². The number of nitrogens with one attached hydrogen (secondary N) is 2. The van der Waals surface area contributed by atoms with E-state index in [1.807, 2.05) is 0 Å². The van der Waals surface area contributed by atoms with E-state index in [-0.39, 0.29) is 16.9 Å². The summed E-state index contributed by atoms with van der Waals surface area (Å²) in [6, 6.07) is 4.57. The van der Waals surface area contributed by atoms with Crippen molar-refractivity contribution in [3.8, 4) is 0 Å². The molecule has 21 heavy (non-hydrogen) atoms. The van der Waals surface area contributed by atoms with E-state index < -0.39 is 10.0 Å². The molecule has 2 rings (SSSR count). The second kappa shape index (κ2) is 6.64. The van der Waals surface area contributed by atoms with Crippen LogP contribution in [0.5, 0.6) is 0 Å². The molecule has 2 unspecified atom stereocenters. The van der Waals surface area contributed by atoms with Gasteiger partial charge in [0.2, 0.25) is 10.0 Å². The van der Waals surface area contributed by atoms with Crippen molar-refractivity contribution < 1.29 is 13.5 Å². The van der Waals surface area contributed by atoms with Gasteiger partial charge >= 0.3 is 0 Å². The van der Waals surface area contributed by atoms with Gasteiger partial charge in [-0.1, -0.05) is 12.8 Å². The number of rotatable bonds is 5.